The Morgan fingerprint density at radius 1 is 0.672 bits per heavy atom. The second-order valence-corrected chi connectivity index (χ2v) is 33.8. The summed E-state index contributed by atoms with van der Waals surface area (Å²) in [6.07, 6.45) is 14.4. The predicted octanol–water partition coefficient (Wildman–Crippen LogP) is 17.2. The van der Waals surface area contributed by atoms with Crippen molar-refractivity contribution in [1.29, 1.82) is 0 Å². The zero-order valence-corrected chi connectivity index (χ0v) is 77.3. The molecule has 12 rings (SSSR count). The Morgan fingerprint density at radius 2 is 1.27 bits per heavy atom. The van der Waals surface area contributed by atoms with Crippen molar-refractivity contribution in [2.24, 2.45) is 33.3 Å². The van der Waals surface area contributed by atoms with E-state index >= 15 is 0 Å². The molecule has 2 atom stereocenters. The van der Waals surface area contributed by atoms with Crippen LogP contribution in [0.5, 0.6) is 17.2 Å². The van der Waals surface area contributed by atoms with Crippen LogP contribution in [-0.4, -0.2) is 168 Å². The van der Waals surface area contributed by atoms with E-state index in [1.54, 1.807) is 87.3 Å². The predicted molar refractivity (Wildman–Crippen MR) is 517 cm³/mol. The van der Waals surface area contributed by atoms with Crippen molar-refractivity contribution in [3.8, 4) is 50.9 Å². The Morgan fingerprint density at radius 3 is 1.88 bits per heavy atom. The van der Waals surface area contributed by atoms with Crippen LogP contribution in [0.2, 0.25) is 0 Å². The van der Waals surface area contributed by atoms with Gasteiger partial charge in [-0.1, -0.05) is 181 Å². The van der Waals surface area contributed by atoms with Crippen LogP contribution in [0.1, 0.15) is 186 Å². The number of unbranched alkanes of at least 4 members (excludes halogenated alkanes) is 1. The molecule has 0 aliphatic carbocycles. The molecule has 4 heterocycles. The van der Waals surface area contributed by atoms with Gasteiger partial charge in [-0.15, -0.1) is 0 Å². The number of pyridine rings is 2. The van der Waals surface area contributed by atoms with Gasteiger partial charge in [-0.25, -0.2) is 8.78 Å². The number of ether oxygens (including phenoxy) is 3. The molecule has 131 heavy (non-hydrogen) atoms. The van der Waals surface area contributed by atoms with E-state index in [4.69, 9.17) is 37.1 Å². The molecule has 2 bridgehead atoms. The molecule has 1 saturated heterocycles. The van der Waals surface area contributed by atoms with Crippen LogP contribution in [0, 0.1) is 24.0 Å². The fraction of sp³-hybridized carbons (Fsp3) is 0.362. The van der Waals surface area contributed by atoms with E-state index in [0.29, 0.717) is 104 Å². The highest BCUT2D eigenvalue weighted by atomic mass is 19.1. The molecule has 0 saturated carbocycles. The van der Waals surface area contributed by atoms with Gasteiger partial charge in [0.2, 0.25) is 11.7 Å². The number of hydrogen-bond donors (Lipinski definition) is 8. The maximum atomic E-state index is 14.3. The van der Waals surface area contributed by atoms with Crippen molar-refractivity contribution in [1.82, 2.24) is 40.2 Å². The van der Waals surface area contributed by atoms with Crippen LogP contribution >= 0.6 is 0 Å². The lowest BCUT2D eigenvalue weighted by Crippen LogP contribution is -2.50. The molecule has 2 aromatic heterocycles. The number of carbonyl (C=O) groups is 6. The molecule has 12 N–H and O–H groups in total. The molecule has 26 heteroatoms. The number of aromatic nitrogens is 2. The molecular weight excluding hydrogens is 1660 g/mol. The second-order valence-electron chi connectivity index (χ2n) is 33.8. The highest BCUT2D eigenvalue weighted by molar-refractivity contribution is 6.06. The number of piperidine rings is 1. The van der Waals surface area contributed by atoms with E-state index in [9.17, 15) is 42.7 Å². The first-order chi connectivity index (χ1) is 63.1. The van der Waals surface area contributed by atoms with Gasteiger partial charge >= 0.3 is 5.97 Å². The molecule has 8 aromatic carbocycles. The van der Waals surface area contributed by atoms with Crippen molar-refractivity contribution in [2.75, 3.05) is 85.0 Å². The average Bonchev–Trinajstić information content (AvgIpc) is 0.786. The van der Waals surface area contributed by atoms with Gasteiger partial charge in [0.15, 0.2) is 17.5 Å². The molecule has 2 aliphatic heterocycles. The minimum Gasteiger partial charge on any atom is -0.493 e. The number of amides is 5. The summed E-state index contributed by atoms with van der Waals surface area (Å²) in [5.41, 5.74) is 37.8. The van der Waals surface area contributed by atoms with Crippen molar-refractivity contribution in [3.05, 3.63) is 298 Å². The summed E-state index contributed by atoms with van der Waals surface area (Å²) >= 11 is 0. The number of nitrogens with zero attached hydrogens (tertiary/aromatic N) is 7. The number of guanidine groups is 1. The van der Waals surface area contributed by atoms with Gasteiger partial charge in [-0.05, 0) is 221 Å². The largest absolute Gasteiger partial charge is 0.493 e. The first-order valence-corrected chi connectivity index (χ1v) is 45.2. The van der Waals surface area contributed by atoms with Gasteiger partial charge in [0, 0.05) is 128 Å². The van der Waals surface area contributed by atoms with E-state index in [2.05, 4.69) is 119 Å². The number of nitrogens with one attached hydrogen (secondary N) is 3. The number of aliphatic carboxylic acids is 1. The Labute approximate surface area is 770 Å². The molecule has 24 nitrogen and oxygen atoms in total. The number of carboxylic acids is 1. The summed E-state index contributed by atoms with van der Waals surface area (Å²) in [6.45, 7) is 25.1. The van der Waals surface area contributed by atoms with Crippen LogP contribution in [-0.2, 0) is 48.5 Å². The third-order valence-corrected chi connectivity index (χ3v) is 22.6. The van der Waals surface area contributed by atoms with Crippen molar-refractivity contribution < 1.29 is 56.9 Å². The fourth-order valence-corrected chi connectivity index (χ4v) is 15.2. The minimum absolute atomic E-state index is 0.0124. The van der Waals surface area contributed by atoms with E-state index in [-0.39, 0.29) is 71.7 Å². The third kappa shape index (κ3) is 32.2. The number of aryl methyl sites for hydroxylation is 3. The van der Waals surface area contributed by atoms with Crippen LogP contribution in [0.4, 0.5) is 14.5 Å². The van der Waals surface area contributed by atoms with E-state index in [1.165, 1.54) is 40.9 Å². The fourth-order valence-electron chi connectivity index (χ4n) is 15.2. The zero-order valence-electron chi connectivity index (χ0n) is 77.3. The first-order valence-electron chi connectivity index (χ1n) is 45.2. The van der Waals surface area contributed by atoms with Crippen molar-refractivity contribution >= 4 is 47.2 Å². The monoisotopic (exact) mass is 1790 g/mol. The number of methoxy groups -OCH3 is 2. The third-order valence-electron chi connectivity index (χ3n) is 22.6. The SMILES string of the molecule is C=C(C)Nc1ccc(CN(CC(C)(C)CN)C(=O)c2ccnc(-c3ccc(CC)cc3)c2)cc1.CCCCNC(=O)c1ccccc1-c1ccccc1C(=O)N(CCC(=O)O)Cc1cc(F)ccc1F.CCc1ccc(-c2cc(C(=O)N3CCCCOc4cc(cc(OC)c4OC)C3)ccn2)cc1.Cc1ccc(C[C@@H](N)C(=O)NC(CCCN=C(N)N)CN2CCCCC2)cc1. The summed E-state index contributed by atoms with van der Waals surface area (Å²) in [5.74, 6) is -1.54. The number of carboxylic acid groups (broad SMARTS) is 1. The highest BCUT2D eigenvalue weighted by Crippen LogP contribution is 2.40. The zero-order chi connectivity index (χ0) is 94.4. The number of allylic oxidation sites excluding steroid dienone is 1. The summed E-state index contributed by atoms with van der Waals surface area (Å²) < 4.78 is 45.0. The standard InChI is InChI=1S/C29H36N4O.C28H28F2N2O4.C27H30N2O4.C21H36N6O/c1-6-22-7-11-24(12-8-22)27-17-25(15-16-31-27)28(34)33(20-29(4,5)19-30)18-23-9-13-26(14-10-23)32-21(2)3;1-2-3-15-31-27(35)23-10-6-4-8-21(23)22-9-5-7-11-24(22)28(36)32(16-14-26(33)34)18-19-17-20(29)12-13-25(19)30;1-4-19-7-9-21(10-8-19)23-17-22(11-12-28-23)27(30)29-13-5-6-14-33-25-16-20(18-29)15-24(31-2)26(25)32-3;1-16-7-9-17(10-8-16)14-19(22)20(28)26-18(6-5-11-25-21(23)24)15-27-12-3-2-4-13-27/h7-17,32H,2,6,18-20,30H2,1,3-5H3;4-13,17H,2-3,14-16,18H2,1H3,(H,31,35)(H,33,34);7-12,15-17H,4-6,13-14,18H2,1-3H3;7-10,18-19H,2-6,11-15,22H2,1H3,(H,26,28)(H4,23,24,25)/t;;;18?,19-/m...1/s1. The smallest absolute Gasteiger partial charge is 0.305 e. The van der Waals surface area contributed by atoms with E-state index < -0.39 is 29.6 Å². The van der Waals surface area contributed by atoms with Gasteiger partial charge in [-0.3, -0.25) is 43.7 Å². The number of likely N-dealkylation sites (tertiary alicyclic amines) is 1. The maximum absolute atomic E-state index is 14.3. The van der Waals surface area contributed by atoms with Crippen molar-refractivity contribution in [2.45, 2.75) is 164 Å². The lowest BCUT2D eigenvalue weighted by Gasteiger charge is -2.32. The normalized spacial score (nSPS) is 12.9. The number of aliphatic imine (C=N–C) groups is 1. The number of hydrogen-bond acceptors (Lipinski definition) is 16. The quantitative estimate of drug-likeness (QED) is 0.0103. The Hall–Kier alpha value is -13.2. The molecule has 694 valence electrons. The first kappa shape index (κ1) is 102. The summed E-state index contributed by atoms with van der Waals surface area (Å²) in [6, 6.07) is 60.0. The number of carbonyl (C=O) groups excluding carboxylic acids is 5. The van der Waals surface area contributed by atoms with Crippen LogP contribution in [0.25, 0.3) is 33.6 Å². The number of anilines is 1. The topological polar surface area (TPSA) is 342 Å². The Bertz CT molecular complexity index is 5420. The highest BCUT2D eigenvalue weighted by Gasteiger charge is 2.29. The number of fused-ring (bicyclic) bond motifs is 2. The average molecular weight is 1790 g/mol. The Kier molecular flexibility index (Phi) is 40.2. The van der Waals surface area contributed by atoms with E-state index in [1.807, 2.05) is 103 Å². The van der Waals surface area contributed by atoms with Crippen LogP contribution in [0.3, 0.4) is 0 Å². The minimum atomic E-state index is -1.13. The summed E-state index contributed by atoms with van der Waals surface area (Å²) in [5, 5.41) is 18.4. The Balaban J connectivity index is 0.000000197. The van der Waals surface area contributed by atoms with Crippen molar-refractivity contribution in [3.63, 3.8) is 0 Å². The molecule has 0 radical (unpaired) electrons. The van der Waals surface area contributed by atoms with Gasteiger partial charge < -0.3 is 77.8 Å². The van der Waals surface area contributed by atoms with E-state index in [0.717, 1.165) is 140 Å². The number of benzene rings is 8. The number of nitrogens with two attached hydrogens (primary N) is 4. The lowest BCUT2D eigenvalue weighted by molar-refractivity contribution is -0.137. The van der Waals surface area contributed by atoms with Gasteiger partial charge in [0.25, 0.3) is 23.6 Å². The molecule has 5 amide bonds. The lowest BCUT2D eigenvalue weighted by atomic mass is 9.92. The molecule has 1 unspecified atom stereocenters. The summed E-state index contributed by atoms with van der Waals surface area (Å²) in [4.78, 5) is 98.1. The van der Waals surface area contributed by atoms with Gasteiger partial charge in [-0.2, -0.15) is 0 Å². The molecule has 0 spiro atoms. The number of rotatable bonds is 36. The number of halogens is 2. The van der Waals surface area contributed by atoms with Gasteiger partial charge in [0.05, 0.1) is 44.7 Å². The molecule has 1 fully saturated rings. The molecule has 10 aromatic rings. The summed E-state index contributed by atoms with van der Waals surface area (Å²) in [7, 11) is 3.20. The maximum Gasteiger partial charge on any atom is 0.305 e. The van der Waals surface area contributed by atoms with Crippen LogP contribution < -0.4 is 53.1 Å². The second kappa shape index (κ2) is 51.9. The van der Waals surface area contributed by atoms with Gasteiger partial charge in [0.1, 0.15) is 11.6 Å². The molecular formula is C105H130F2N14O10. The van der Waals surface area contributed by atoms with Crippen LogP contribution in [0.15, 0.2) is 230 Å². The molecule has 2 aliphatic rings.